The second kappa shape index (κ2) is 8.85. The van der Waals surface area contributed by atoms with Crippen molar-refractivity contribution in [2.75, 3.05) is 13.1 Å². The molecule has 1 N–H and O–H groups in total. The van der Waals surface area contributed by atoms with Crippen molar-refractivity contribution in [2.45, 2.75) is 50.6 Å². The van der Waals surface area contributed by atoms with Crippen LogP contribution in [0.1, 0.15) is 43.4 Å². The number of benzene rings is 2. The molecule has 1 aromatic heterocycles. The van der Waals surface area contributed by atoms with Crippen LogP contribution >= 0.6 is 0 Å². The summed E-state index contributed by atoms with van der Waals surface area (Å²) >= 11 is 0. The van der Waals surface area contributed by atoms with Crippen LogP contribution in [-0.2, 0) is 21.4 Å². The number of hydrogen-bond donors (Lipinski definition) is 1. The smallest absolute Gasteiger partial charge is 0.243 e. The van der Waals surface area contributed by atoms with E-state index in [0.717, 1.165) is 41.3 Å². The summed E-state index contributed by atoms with van der Waals surface area (Å²) in [6, 6.07) is 14.7. The third kappa shape index (κ3) is 4.52. The molecule has 1 aliphatic rings. The molecule has 1 saturated heterocycles. The summed E-state index contributed by atoms with van der Waals surface area (Å²) in [6.07, 6.45) is 4.75. The van der Waals surface area contributed by atoms with Crippen LogP contribution in [0, 0.1) is 6.92 Å². The lowest BCUT2D eigenvalue weighted by atomic mass is 10.1. The molecule has 1 aliphatic heterocycles. The standard InChI is InChI=1S/C24H29N3O3S/c1-18-7-6-8-20(15-18)17-25-24(28)19(2)27-14-11-21-16-22(9-10-23(21)27)31(29,30)26-12-4-3-5-13-26/h6-11,14-16,19H,3-5,12-13,17H2,1-2H3,(H,25,28)/t19-/m1/s1. The normalized spacial score (nSPS) is 16.3. The number of amides is 1. The first-order chi connectivity index (χ1) is 14.9. The third-order valence-corrected chi connectivity index (χ3v) is 7.89. The fourth-order valence-corrected chi connectivity index (χ4v) is 5.73. The van der Waals surface area contributed by atoms with E-state index in [-0.39, 0.29) is 5.91 Å². The number of fused-ring (bicyclic) bond motifs is 1. The van der Waals surface area contributed by atoms with Crippen LogP contribution in [-0.4, -0.2) is 36.3 Å². The summed E-state index contributed by atoms with van der Waals surface area (Å²) in [5.41, 5.74) is 3.06. The molecule has 0 bridgehead atoms. The van der Waals surface area contributed by atoms with Crippen molar-refractivity contribution >= 4 is 26.8 Å². The summed E-state index contributed by atoms with van der Waals surface area (Å²) in [5, 5.41) is 3.81. The van der Waals surface area contributed by atoms with Crippen molar-refractivity contribution in [3.05, 3.63) is 65.9 Å². The molecule has 0 unspecified atom stereocenters. The Labute approximate surface area is 183 Å². The minimum absolute atomic E-state index is 0.0796. The maximum Gasteiger partial charge on any atom is 0.243 e. The van der Waals surface area contributed by atoms with Gasteiger partial charge in [-0.25, -0.2) is 8.42 Å². The van der Waals surface area contributed by atoms with Gasteiger partial charge in [-0.05, 0) is 56.5 Å². The molecule has 4 rings (SSSR count). The SMILES string of the molecule is Cc1cccc(CNC(=O)[C@@H](C)n2ccc3cc(S(=O)(=O)N4CCCCC4)ccc32)c1. The van der Waals surface area contributed by atoms with Crippen molar-refractivity contribution < 1.29 is 13.2 Å². The Bertz CT molecular complexity index is 1190. The van der Waals surface area contributed by atoms with Gasteiger partial charge in [0, 0.05) is 36.7 Å². The number of aromatic nitrogens is 1. The highest BCUT2D eigenvalue weighted by Crippen LogP contribution is 2.26. The number of nitrogens with zero attached hydrogens (tertiary/aromatic N) is 2. The zero-order valence-electron chi connectivity index (χ0n) is 18.0. The predicted octanol–water partition coefficient (Wildman–Crippen LogP) is 4.00. The summed E-state index contributed by atoms with van der Waals surface area (Å²) < 4.78 is 29.4. The van der Waals surface area contributed by atoms with Gasteiger partial charge in [0.15, 0.2) is 0 Å². The van der Waals surface area contributed by atoms with E-state index in [9.17, 15) is 13.2 Å². The molecule has 1 amide bonds. The van der Waals surface area contributed by atoms with E-state index in [2.05, 4.69) is 11.4 Å². The molecule has 2 heterocycles. The number of carbonyl (C=O) groups is 1. The lowest BCUT2D eigenvalue weighted by Crippen LogP contribution is -2.35. The Morgan fingerprint density at radius 2 is 1.84 bits per heavy atom. The first-order valence-electron chi connectivity index (χ1n) is 10.8. The molecule has 31 heavy (non-hydrogen) atoms. The Morgan fingerprint density at radius 3 is 2.58 bits per heavy atom. The van der Waals surface area contributed by atoms with Gasteiger partial charge in [0.05, 0.1) is 4.90 Å². The molecule has 1 fully saturated rings. The average Bonchev–Trinajstić information content (AvgIpc) is 3.21. The molecule has 1 atom stereocenters. The first-order valence-corrected chi connectivity index (χ1v) is 12.2. The Morgan fingerprint density at radius 1 is 1.06 bits per heavy atom. The minimum Gasteiger partial charge on any atom is -0.350 e. The van der Waals surface area contributed by atoms with Gasteiger partial charge in [0.1, 0.15) is 6.04 Å². The van der Waals surface area contributed by atoms with Gasteiger partial charge in [0.2, 0.25) is 15.9 Å². The van der Waals surface area contributed by atoms with Crippen molar-refractivity contribution in [3.63, 3.8) is 0 Å². The summed E-state index contributed by atoms with van der Waals surface area (Å²) in [4.78, 5) is 13.1. The van der Waals surface area contributed by atoms with Crippen LogP contribution in [0.4, 0.5) is 0 Å². The summed E-state index contributed by atoms with van der Waals surface area (Å²) in [5.74, 6) is -0.0796. The van der Waals surface area contributed by atoms with E-state index in [1.807, 2.05) is 48.9 Å². The van der Waals surface area contributed by atoms with Crippen LogP contribution in [0.15, 0.2) is 59.6 Å². The van der Waals surface area contributed by atoms with Crippen molar-refractivity contribution in [2.24, 2.45) is 0 Å². The Kier molecular flexibility index (Phi) is 6.16. The lowest BCUT2D eigenvalue weighted by Gasteiger charge is -2.26. The van der Waals surface area contributed by atoms with Crippen molar-refractivity contribution in [1.29, 1.82) is 0 Å². The van der Waals surface area contributed by atoms with Gasteiger partial charge in [-0.15, -0.1) is 0 Å². The van der Waals surface area contributed by atoms with E-state index in [4.69, 9.17) is 0 Å². The van der Waals surface area contributed by atoms with Crippen molar-refractivity contribution in [3.8, 4) is 0 Å². The molecule has 6 nitrogen and oxygen atoms in total. The number of piperidine rings is 1. The number of nitrogens with one attached hydrogen (secondary N) is 1. The van der Waals surface area contributed by atoms with Gasteiger partial charge >= 0.3 is 0 Å². The summed E-state index contributed by atoms with van der Waals surface area (Å²) in [6.45, 7) is 5.52. The fraction of sp³-hybridized carbons (Fsp3) is 0.375. The fourth-order valence-electron chi connectivity index (χ4n) is 4.18. The maximum absolute atomic E-state index is 13.0. The second-order valence-corrected chi connectivity index (χ2v) is 10.2. The molecular formula is C24H29N3O3S. The Balaban J connectivity index is 1.51. The number of hydrogen-bond acceptors (Lipinski definition) is 3. The van der Waals surface area contributed by atoms with E-state index in [1.165, 1.54) is 0 Å². The van der Waals surface area contributed by atoms with Gasteiger partial charge in [-0.1, -0.05) is 36.2 Å². The van der Waals surface area contributed by atoms with Crippen LogP contribution in [0.5, 0.6) is 0 Å². The van der Waals surface area contributed by atoms with Crippen LogP contribution < -0.4 is 5.32 Å². The zero-order chi connectivity index (χ0) is 22.0. The highest BCUT2D eigenvalue weighted by atomic mass is 32.2. The van der Waals surface area contributed by atoms with Crippen molar-refractivity contribution in [1.82, 2.24) is 14.2 Å². The van der Waals surface area contributed by atoms with E-state index < -0.39 is 16.1 Å². The Hall–Kier alpha value is -2.64. The summed E-state index contributed by atoms with van der Waals surface area (Å²) in [7, 11) is -3.48. The largest absolute Gasteiger partial charge is 0.350 e. The monoisotopic (exact) mass is 439 g/mol. The number of aryl methyl sites for hydroxylation is 1. The highest BCUT2D eigenvalue weighted by molar-refractivity contribution is 7.89. The van der Waals surface area contributed by atoms with E-state index in [1.54, 1.807) is 22.5 Å². The van der Waals surface area contributed by atoms with E-state index in [0.29, 0.717) is 24.5 Å². The molecule has 0 saturated carbocycles. The zero-order valence-corrected chi connectivity index (χ0v) is 18.9. The molecule has 164 valence electrons. The number of rotatable bonds is 6. The molecule has 3 aromatic rings. The minimum atomic E-state index is -3.48. The second-order valence-electron chi connectivity index (χ2n) is 8.29. The quantitative estimate of drug-likeness (QED) is 0.631. The molecule has 0 spiro atoms. The molecular weight excluding hydrogens is 410 g/mol. The van der Waals surface area contributed by atoms with Gasteiger partial charge < -0.3 is 9.88 Å². The van der Waals surface area contributed by atoms with Crippen LogP contribution in [0.25, 0.3) is 10.9 Å². The van der Waals surface area contributed by atoms with Gasteiger partial charge in [-0.2, -0.15) is 4.31 Å². The first kappa shape index (κ1) is 21.6. The highest BCUT2D eigenvalue weighted by Gasteiger charge is 2.26. The topological polar surface area (TPSA) is 71.4 Å². The molecule has 7 heteroatoms. The van der Waals surface area contributed by atoms with Crippen LogP contribution in [0.3, 0.4) is 0 Å². The lowest BCUT2D eigenvalue weighted by molar-refractivity contribution is -0.123. The number of sulfonamides is 1. The van der Waals surface area contributed by atoms with Gasteiger partial charge in [-0.3, -0.25) is 4.79 Å². The van der Waals surface area contributed by atoms with Gasteiger partial charge in [0.25, 0.3) is 0 Å². The average molecular weight is 440 g/mol. The van der Waals surface area contributed by atoms with E-state index >= 15 is 0 Å². The van der Waals surface area contributed by atoms with Crippen LogP contribution in [0.2, 0.25) is 0 Å². The predicted molar refractivity (Wildman–Crippen MR) is 122 cm³/mol. The number of carbonyl (C=O) groups excluding carboxylic acids is 1. The molecule has 2 aromatic carbocycles. The molecule has 0 aliphatic carbocycles. The molecule has 0 radical (unpaired) electrons. The third-order valence-electron chi connectivity index (χ3n) is 5.99. The maximum atomic E-state index is 13.0.